The van der Waals surface area contributed by atoms with Gasteiger partial charge in [0.1, 0.15) is 18.5 Å². The number of amides is 1. The van der Waals surface area contributed by atoms with E-state index in [1.54, 1.807) is 35.4 Å². The Hall–Kier alpha value is -2.51. The quantitative estimate of drug-likeness (QED) is 0.859. The molecule has 1 fully saturated rings. The van der Waals surface area contributed by atoms with E-state index in [9.17, 15) is 4.79 Å². The van der Waals surface area contributed by atoms with E-state index in [0.717, 1.165) is 0 Å². The van der Waals surface area contributed by atoms with E-state index in [1.807, 2.05) is 6.07 Å². The fourth-order valence-corrected chi connectivity index (χ4v) is 2.74. The molecule has 7 heteroatoms. The summed E-state index contributed by atoms with van der Waals surface area (Å²) >= 11 is 0. The molecule has 0 saturated carbocycles. The third-order valence-electron chi connectivity index (χ3n) is 3.97. The van der Waals surface area contributed by atoms with E-state index < -0.39 is 0 Å². The lowest BCUT2D eigenvalue weighted by Crippen LogP contribution is -2.42. The summed E-state index contributed by atoms with van der Waals surface area (Å²) in [7, 11) is 1.53. The van der Waals surface area contributed by atoms with Gasteiger partial charge in [0.2, 0.25) is 0 Å². The lowest BCUT2D eigenvalue weighted by molar-refractivity contribution is -0.0321. The third kappa shape index (κ3) is 3.94. The summed E-state index contributed by atoms with van der Waals surface area (Å²) in [4.78, 5) is 14.6. The first kappa shape index (κ1) is 17.3. The second kappa shape index (κ2) is 8.04. The van der Waals surface area contributed by atoms with Gasteiger partial charge >= 0.3 is 0 Å². The average molecular weight is 347 g/mol. The first-order valence-electron chi connectivity index (χ1n) is 8.09. The van der Waals surface area contributed by atoms with Gasteiger partial charge in [0.25, 0.3) is 5.91 Å². The molecule has 0 spiro atoms. The molecule has 0 aliphatic carbocycles. The summed E-state index contributed by atoms with van der Waals surface area (Å²) in [5.74, 6) is 1.54. The molecule has 2 aromatic rings. The summed E-state index contributed by atoms with van der Waals surface area (Å²) in [6, 6.07) is 8.66. The van der Waals surface area contributed by atoms with Gasteiger partial charge in [-0.05, 0) is 30.3 Å². The van der Waals surface area contributed by atoms with Crippen LogP contribution in [0.4, 0.5) is 0 Å². The smallest absolute Gasteiger partial charge is 0.254 e. The summed E-state index contributed by atoms with van der Waals surface area (Å²) in [5.41, 5.74) is 0.494. The van der Waals surface area contributed by atoms with Crippen molar-refractivity contribution in [2.75, 3.05) is 40.0 Å². The highest BCUT2D eigenvalue weighted by atomic mass is 16.5. The SMILES string of the molecule is COc1ccc(C(=O)N2CCOC(c3ccco3)C2)cc1OCCO. The Labute approximate surface area is 145 Å². The zero-order valence-corrected chi connectivity index (χ0v) is 14.0. The van der Waals surface area contributed by atoms with Crippen molar-refractivity contribution in [1.82, 2.24) is 4.90 Å². The van der Waals surface area contributed by atoms with Crippen LogP contribution in [-0.2, 0) is 4.74 Å². The van der Waals surface area contributed by atoms with Gasteiger partial charge in [0.15, 0.2) is 11.5 Å². The molecule has 0 bridgehead atoms. The Bertz CT molecular complexity index is 700. The maximum atomic E-state index is 12.8. The number of aliphatic hydroxyl groups is 1. The molecule has 1 N–H and O–H groups in total. The van der Waals surface area contributed by atoms with Crippen LogP contribution < -0.4 is 9.47 Å². The summed E-state index contributed by atoms with van der Waals surface area (Å²) in [6.07, 6.45) is 1.32. The average Bonchev–Trinajstić information content (AvgIpc) is 3.20. The molecule has 0 radical (unpaired) electrons. The topological polar surface area (TPSA) is 81.4 Å². The van der Waals surface area contributed by atoms with Crippen LogP contribution in [0.2, 0.25) is 0 Å². The lowest BCUT2D eigenvalue weighted by Gasteiger charge is -2.32. The zero-order valence-electron chi connectivity index (χ0n) is 14.0. The predicted molar refractivity (Wildman–Crippen MR) is 88.9 cm³/mol. The zero-order chi connectivity index (χ0) is 17.6. The molecular formula is C18H21NO6. The first-order chi connectivity index (χ1) is 12.2. The van der Waals surface area contributed by atoms with E-state index in [1.165, 1.54) is 7.11 Å². The summed E-state index contributed by atoms with van der Waals surface area (Å²) in [5, 5.41) is 8.93. The highest BCUT2D eigenvalue weighted by Crippen LogP contribution is 2.29. The Kier molecular flexibility index (Phi) is 5.57. The van der Waals surface area contributed by atoms with E-state index in [4.69, 9.17) is 23.7 Å². The number of rotatable bonds is 6. The third-order valence-corrected chi connectivity index (χ3v) is 3.97. The van der Waals surface area contributed by atoms with Crippen LogP contribution >= 0.6 is 0 Å². The minimum absolute atomic E-state index is 0.114. The van der Waals surface area contributed by atoms with Crippen LogP contribution in [0, 0.1) is 0 Å². The Balaban J connectivity index is 1.75. The molecule has 3 rings (SSSR count). The van der Waals surface area contributed by atoms with Crippen LogP contribution in [0.25, 0.3) is 0 Å². The molecule has 1 amide bonds. The normalized spacial score (nSPS) is 17.4. The van der Waals surface area contributed by atoms with Crippen LogP contribution in [-0.4, -0.2) is 55.9 Å². The van der Waals surface area contributed by atoms with Gasteiger partial charge in [-0.1, -0.05) is 0 Å². The number of aliphatic hydroxyl groups excluding tert-OH is 1. The van der Waals surface area contributed by atoms with Crippen molar-refractivity contribution in [1.29, 1.82) is 0 Å². The lowest BCUT2D eigenvalue weighted by atomic mass is 10.1. The van der Waals surface area contributed by atoms with E-state index in [0.29, 0.717) is 42.5 Å². The summed E-state index contributed by atoms with van der Waals surface area (Å²) < 4.78 is 21.7. The van der Waals surface area contributed by atoms with Gasteiger partial charge in [0, 0.05) is 12.1 Å². The van der Waals surface area contributed by atoms with E-state index >= 15 is 0 Å². The van der Waals surface area contributed by atoms with Crippen molar-refractivity contribution in [3.63, 3.8) is 0 Å². The van der Waals surface area contributed by atoms with Crippen molar-refractivity contribution in [3.8, 4) is 11.5 Å². The van der Waals surface area contributed by atoms with Gasteiger partial charge in [-0.3, -0.25) is 4.79 Å². The number of morpholine rings is 1. The van der Waals surface area contributed by atoms with Gasteiger partial charge in [-0.2, -0.15) is 0 Å². The summed E-state index contributed by atoms with van der Waals surface area (Å²) in [6.45, 7) is 1.39. The monoisotopic (exact) mass is 347 g/mol. The molecule has 2 heterocycles. The van der Waals surface area contributed by atoms with Crippen LogP contribution in [0.1, 0.15) is 22.2 Å². The molecule has 7 nitrogen and oxygen atoms in total. The molecule has 25 heavy (non-hydrogen) atoms. The molecular weight excluding hydrogens is 326 g/mol. The molecule has 1 aromatic carbocycles. The van der Waals surface area contributed by atoms with E-state index in [2.05, 4.69) is 0 Å². The maximum absolute atomic E-state index is 12.8. The highest BCUT2D eigenvalue weighted by molar-refractivity contribution is 5.95. The number of hydrogen-bond donors (Lipinski definition) is 1. The Morgan fingerprint density at radius 1 is 1.36 bits per heavy atom. The van der Waals surface area contributed by atoms with Crippen molar-refractivity contribution >= 4 is 5.91 Å². The number of carbonyl (C=O) groups excluding carboxylic acids is 1. The standard InChI is InChI=1S/C18H21NO6/c1-22-14-5-4-13(11-16(14)25-10-7-20)18(21)19-6-9-24-17(12-19)15-3-2-8-23-15/h2-5,8,11,17,20H,6-7,9-10,12H2,1H3. The molecule has 1 aliphatic heterocycles. The number of carbonyl (C=O) groups is 1. The number of benzene rings is 1. The van der Waals surface area contributed by atoms with Gasteiger partial charge in [-0.15, -0.1) is 0 Å². The van der Waals surface area contributed by atoms with Crippen molar-refractivity contribution in [2.45, 2.75) is 6.10 Å². The van der Waals surface area contributed by atoms with Crippen molar-refractivity contribution in [3.05, 3.63) is 47.9 Å². The van der Waals surface area contributed by atoms with Crippen LogP contribution in [0.15, 0.2) is 41.0 Å². The van der Waals surface area contributed by atoms with Crippen LogP contribution in [0.3, 0.4) is 0 Å². The van der Waals surface area contributed by atoms with Gasteiger partial charge < -0.3 is 28.6 Å². The highest BCUT2D eigenvalue weighted by Gasteiger charge is 2.28. The maximum Gasteiger partial charge on any atom is 0.254 e. The molecule has 1 aromatic heterocycles. The predicted octanol–water partition coefficient (Wildman–Crippen LogP) is 1.87. The van der Waals surface area contributed by atoms with Gasteiger partial charge in [-0.25, -0.2) is 0 Å². The Morgan fingerprint density at radius 3 is 2.96 bits per heavy atom. The number of hydrogen-bond acceptors (Lipinski definition) is 6. The second-order valence-electron chi connectivity index (χ2n) is 5.56. The molecule has 1 saturated heterocycles. The first-order valence-corrected chi connectivity index (χ1v) is 8.09. The van der Waals surface area contributed by atoms with Gasteiger partial charge in [0.05, 0.1) is 33.1 Å². The van der Waals surface area contributed by atoms with E-state index in [-0.39, 0.29) is 25.2 Å². The second-order valence-corrected chi connectivity index (χ2v) is 5.56. The fourth-order valence-electron chi connectivity index (χ4n) is 2.74. The Morgan fingerprint density at radius 2 is 2.24 bits per heavy atom. The largest absolute Gasteiger partial charge is 0.493 e. The molecule has 1 aliphatic rings. The van der Waals surface area contributed by atoms with Crippen LogP contribution in [0.5, 0.6) is 11.5 Å². The molecule has 1 unspecified atom stereocenters. The number of furan rings is 1. The fraction of sp³-hybridized carbons (Fsp3) is 0.389. The number of ether oxygens (including phenoxy) is 3. The number of nitrogens with zero attached hydrogens (tertiary/aromatic N) is 1. The molecule has 134 valence electrons. The number of methoxy groups -OCH3 is 1. The minimum atomic E-state index is -0.268. The van der Waals surface area contributed by atoms with Crippen molar-refractivity contribution < 1.29 is 28.5 Å². The minimum Gasteiger partial charge on any atom is -0.493 e. The molecule has 1 atom stereocenters. The van der Waals surface area contributed by atoms with Crippen molar-refractivity contribution in [2.24, 2.45) is 0 Å².